The van der Waals surface area contributed by atoms with Gasteiger partial charge in [-0.3, -0.25) is 0 Å². The Morgan fingerprint density at radius 1 is 1.16 bits per heavy atom. The Bertz CT molecular complexity index is 440. The van der Waals surface area contributed by atoms with Crippen molar-refractivity contribution in [3.8, 4) is 0 Å². The van der Waals surface area contributed by atoms with E-state index < -0.39 is 11.6 Å². The highest BCUT2D eigenvalue weighted by Crippen LogP contribution is 2.48. The zero-order valence-electron chi connectivity index (χ0n) is 11.3. The number of nitrogens with one attached hydrogen (secondary N) is 1. The number of halogens is 2. The van der Waals surface area contributed by atoms with Crippen molar-refractivity contribution >= 4 is 0 Å². The van der Waals surface area contributed by atoms with Crippen LogP contribution >= 0.6 is 0 Å². The van der Waals surface area contributed by atoms with Crippen LogP contribution in [0.5, 0.6) is 0 Å². The molecule has 4 unspecified atom stereocenters. The van der Waals surface area contributed by atoms with Crippen LogP contribution in [0, 0.1) is 29.4 Å². The Morgan fingerprint density at radius 3 is 2.47 bits per heavy atom. The van der Waals surface area contributed by atoms with Crippen LogP contribution in [0.25, 0.3) is 0 Å². The molecule has 2 aliphatic carbocycles. The quantitative estimate of drug-likeness (QED) is 0.866. The lowest BCUT2D eigenvalue weighted by Gasteiger charge is -2.24. The second-order valence-corrected chi connectivity index (χ2v) is 6.27. The predicted octanol–water partition coefficient (Wildman–Crippen LogP) is 4.05. The van der Waals surface area contributed by atoms with Gasteiger partial charge in [-0.25, -0.2) is 8.78 Å². The van der Waals surface area contributed by atoms with Gasteiger partial charge < -0.3 is 5.32 Å². The van der Waals surface area contributed by atoms with E-state index in [0.717, 1.165) is 30.4 Å². The third-order valence-electron chi connectivity index (χ3n) is 4.96. The summed E-state index contributed by atoms with van der Waals surface area (Å²) in [6, 6.07) is 3.76. The Balaban J connectivity index is 1.57. The minimum absolute atomic E-state index is 0.00401. The second-order valence-electron chi connectivity index (χ2n) is 6.27. The molecule has 0 spiro atoms. The standard InChI is InChI=1S/C16H21F2N/c1-10(13-6-15(17)8-16(18)7-13)19-9-14-5-11-2-3-12(14)4-11/h6-8,10-12,14,19H,2-5,9H2,1H3. The smallest absolute Gasteiger partial charge is 0.126 e. The van der Waals surface area contributed by atoms with Crippen LogP contribution in [0.15, 0.2) is 18.2 Å². The summed E-state index contributed by atoms with van der Waals surface area (Å²) in [4.78, 5) is 0. The van der Waals surface area contributed by atoms with Gasteiger partial charge in [0.2, 0.25) is 0 Å². The summed E-state index contributed by atoms with van der Waals surface area (Å²) in [5.41, 5.74) is 0.695. The third-order valence-corrected chi connectivity index (χ3v) is 4.96. The van der Waals surface area contributed by atoms with Gasteiger partial charge in [0.1, 0.15) is 11.6 Å². The molecule has 19 heavy (non-hydrogen) atoms. The van der Waals surface area contributed by atoms with Crippen molar-refractivity contribution in [2.45, 2.75) is 38.6 Å². The van der Waals surface area contributed by atoms with Gasteiger partial charge >= 0.3 is 0 Å². The first-order valence-corrected chi connectivity index (χ1v) is 7.31. The fraction of sp³-hybridized carbons (Fsp3) is 0.625. The average Bonchev–Trinajstić information content (AvgIpc) is 2.96. The Morgan fingerprint density at radius 2 is 1.89 bits per heavy atom. The second kappa shape index (κ2) is 5.20. The molecule has 0 amide bonds. The van der Waals surface area contributed by atoms with E-state index in [2.05, 4.69) is 5.32 Å². The van der Waals surface area contributed by atoms with Gasteiger partial charge in [-0.1, -0.05) is 6.42 Å². The third kappa shape index (κ3) is 2.81. The molecule has 0 radical (unpaired) electrons. The maximum atomic E-state index is 13.2. The summed E-state index contributed by atoms with van der Waals surface area (Å²) in [5, 5.41) is 3.45. The molecule has 2 aliphatic rings. The van der Waals surface area contributed by atoms with E-state index in [1.165, 1.54) is 37.8 Å². The summed E-state index contributed by atoms with van der Waals surface area (Å²) in [6.07, 6.45) is 5.52. The summed E-state index contributed by atoms with van der Waals surface area (Å²) < 4.78 is 26.4. The van der Waals surface area contributed by atoms with Crippen molar-refractivity contribution < 1.29 is 8.78 Å². The van der Waals surface area contributed by atoms with Crippen molar-refractivity contribution in [2.75, 3.05) is 6.54 Å². The maximum absolute atomic E-state index is 13.2. The van der Waals surface area contributed by atoms with Gasteiger partial charge in [0.05, 0.1) is 0 Å². The Labute approximate surface area is 113 Å². The minimum Gasteiger partial charge on any atom is -0.310 e. The van der Waals surface area contributed by atoms with E-state index in [1.807, 2.05) is 6.92 Å². The molecule has 0 heterocycles. The van der Waals surface area contributed by atoms with Crippen LogP contribution in [-0.2, 0) is 0 Å². The van der Waals surface area contributed by atoms with Crippen molar-refractivity contribution in [3.05, 3.63) is 35.4 Å². The molecular weight excluding hydrogens is 244 g/mol. The molecule has 1 N–H and O–H groups in total. The van der Waals surface area contributed by atoms with Crippen molar-refractivity contribution in [1.82, 2.24) is 5.32 Å². The molecule has 2 fully saturated rings. The molecule has 3 heteroatoms. The summed E-state index contributed by atoms with van der Waals surface area (Å²) in [7, 11) is 0. The Hall–Kier alpha value is -0.960. The summed E-state index contributed by atoms with van der Waals surface area (Å²) >= 11 is 0. The van der Waals surface area contributed by atoms with Crippen LogP contribution in [0.4, 0.5) is 8.78 Å². The van der Waals surface area contributed by atoms with Crippen molar-refractivity contribution in [3.63, 3.8) is 0 Å². The average molecular weight is 265 g/mol. The zero-order chi connectivity index (χ0) is 13.4. The van der Waals surface area contributed by atoms with Crippen LogP contribution in [0.3, 0.4) is 0 Å². The molecule has 104 valence electrons. The zero-order valence-corrected chi connectivity index (χ0v) is 11.3. The minimum atomic E-state index is -0.497. The van der Waals surface area contributed by atoms with Crippen LogP contribution in [0.2, 0.25) is 0 Å². The van der Waals surface area contributed by atoms with E-state index in [9.17, 15) is 8.78 Å². The van der Waals surface area contributed by atoms with Crippen molar-refractivity contribution in [2.24, 2.45) is 17.8 Å². The van der Waals surface area contributed by atoms with Crippen LogP contribution in [-0.4, -0.2) is 6.54 Å². The van der Waals surface area contributed by atoms with Gasteiger partial charge in [0.15, 0.2) is 0 Å². The maximum Gasteiger partial charge on any atom is 0.126 e. The van der Waals surface area contributed by atoms with E-state index in [0.29, 0.717) is 5.56 Å². The molecule has 2 saturated carbocycles. The molecular formula is C16H21F2N. The normalized spacial score (nSPS) is 30.8. The first-order chi connectivity index (χ1) is 9.11. The van der Waals surface area contributed by atoms with Crippen LogP contribution in [0.1, 0.15) is 44.2 Å². The topological polar surface area (TPSA) is 12.0 Å². The van der Waals surface area contributed by atoms with Gasteiger partial charge in [-0.15, -0.1) is 0 Å². The lowest BCUT2D eigenvalue weighted by Crippen LogP contribution is -2.28. The molecule has 4 atom stereocenters. The number of hydrogen-bond acceptors (Lipinski definition) is 1. The lowest BCUT2D eigenvalue weighted by atomic mass is 9.88. The number of benzene rings is 1. The number of fused-ring (bicyclic) bond motifs is 2. The SMILES string of the molecule is CC(NCC1CC2CCC1C2)c1cc(F)cc(F)c1. The number of rotatable bonds is 4. The monoisotopic (exact) mass is 265 g/mol. The summed E-state index contributed by atoms with van der Waals surface area (Å²) in [5.74, 6) is 1.60. The molecule has 1 aromatic rings. The fourth-order valence-electron chi connectivity index (χ4n) is 3.90. The molecule has 0 aliphatic heterocycles. The van der Waals surface area contributed by atoms with Crippen molar-refractivity contribution in [1.29, 1.82) is 0 Å². The Kier molecular flexibility index (Phi) is 3.57. The van der Waals surface area contributed by atoms with Gasteiger partial charge in [0.25, 0.3) is 0 Å². The van der Waals surface area contributed by atoms with Gasteiger partial charge in [-0.05, 0) is 68.2 Å². The molecule has 1 aromatic carbocycles. The van der Waals surface area contributed by atoms with E-state index in [1.54, 1.807) is 0 Å². The summed E-state index contributed by atoms with van der Waals surface area (Å²) in [6.45, 7) is 2.95. The molecule has 3 rings (SSSR count). The first-order valence-electron chi connectivity index (χ1n) is 7.31. The highest BCUT2D eigenvalue weighted by molar-refractivity contribution is 5.20. The van der Waals surface area contributed by atoms with E-state index >= 15 is 0 Å². The van der Waals surface area contributed by atoms with E-state index in [4.69, 9.17) is 0 Å². The largest absolute Gasteiger partial charge is 0.310 e. The number of hydrogen-bond donors (Lipinski definition) is 1. The predicted molar refractivity (Wildman–Crippen MR) is 71.7 cm³/mol. The van der Waals surface area contributed by atoms with Gasteiger partial charge in [-0.2, -0.15) is 0 Å². The molecule has 2 bridgehead atoms. The van der Waals surface area contributed by atoms with Gasteiger partial charge in [0, 0.05) is 12.1 Å². The molecule has 0 saturated heterocycles. The lowest BCUT2D eigenvalue weighted by molar-refractivity contribution is 0.309. The van der Waals surface area contributed by atoms with E-state index in [-0.39, 0.29) is 6.04 Å². The van der Waals surface area contributed by atoms with Crippen LogP contribution < -0.4 is 5.32 Å². The highest BCUT2D eigenvalue weighted by atomic mass is 19.1. The fourth-order valence-corrected chi connectivity index (χ4v) is 3.90. The first kappa shape index (κ1) is 13.0. The molecule has 1 nitrogen and oxygen atoms in total. The molecule has 0 aromatic heterocycles. The highest BCUT2D eigenvalue weighted by Gasteiger charge is 2.39.